The van der Waals surface area contributed by atoms with Crippen LogP contribution in [0.3, 0.4) is 0 Å². The standard InChI is InChI=1S/C21H24ClFN4O2/c22-16-1-4-20(24-14-16)27-7-5-15(6-8-27)21(28)25-17-2-3-19(18(23)13-17)26-9-11-29-12-10-26/h1-4,13-15H,5-12H2,(H,25,28). The van der Waals surface area contributed by atoms with Crippen LogP contribution in [0.1, 0.15) is 12.8 Å². The fourth-order valence-electron chi connectivity index (χ4n) is 3.82. The minimum absolute atomic E-state index is 0.0627. The third-order valence-corrected chi connectivity index (χ3v) is 5.69. The minimum atomic E-state index is -0.326. The average Bonchev–Trinajstić information content (AvgIpc) is 2.75. The van der Waals surface area contributed by atoms with Crippen LogP contribution in [-0.2, 0) is 9.53 Å². The predicted molar refractivity (Wildman–Crippen MR) is 112 cm³/mol. The second kappa shape index (κ2) is 8.97. The molecule has 0 bridgehead atoms. The van der Waals surface area contributed by atoms with Crippen molar-refractivity contribution >= 4 is 34.7 Å². The first-order valence-corrected chi connectivity index (χ1v) is 10.3. The molecule has 6 nitrogen and oxygen atoms in total. The maximum atomic E-state index is 14.5. The van der Waals surface area contributed by atoms with Crippen LogP contribution in [0.5, 0.6) is 0 Å². The van der Waals surface area contributed by atoms with Crippen molar-refractivity contribution in [2.24, 2.45) is 5.92 Å². The lowest BCUT2D eigenvalue weighted by atomic mass is 9.95. The minimum Gasteiger partial charge on any atom is -0.378 e. The summed E-state index contributed by atoms with van der Waals surface area (Å²) in [4.78, 5) is 21.1. The van der Waals surface area contributed by atoms with Crippen LogP contribution in [0.4, 0.5) is 21.6 Å². The van der Waals surface area contributed by atoms with Crippen LogP contribution in [0, 0.1) is 11.7 Å². The lowest BCUT2D eigenvalue weighted by molar-refractivity contribution is -0.120. The number of hydrogen-bond acceptors (Lipinski definition) is 5. The Morgan fingerprint density at radius 2 is 1.86 bits per heavy atom. The molecule has 3 heterocycles. The maximum absolute atomic E-state index is 14.5. The van der Waals surface area contributed by atoms with Crippen molar-refractivity contribution < 1.29 is 13.9 Å². The second-order valence-electron chi connectivity index (χ2n) is 7.35. The van der Waals surface area contributed by atoms with Gasteiger partial charge in [-0.05, 0) is 43.2 Å². The van der Waals surface area contributed by atoms with Gasteiger partial charge >= 0.3 is 0 Å². The van der Waals surface area contributed by atoms with E-state index in [1.165, 1.54) is 6.07 Å². The average molecular weight is 419 g/mol. The number of ether oxygens (including phenoxy) is 1. The van der Waals surface area contributed by atoms with Crippen molar-refractivity contribution in [2.45, 2.75) is 12.8 Å². The van der Waals surface area contributed by atoms with Crippen LogP contribution in [0.25, 0.3) is 0 Å². The molecule has 2 aliphatic heterocycles. The summed E-state index contributed by atoms with van der Waals surface area (Å²) < 4.78 is 19.8. The molecule has 0 aliphatic carbocycles. The molecule has 2 aromatic rings. The van der Waals surface area contributed by atoms with Gasteiger partial charge < -0.3 is 19.9 Å². The Kier molecular flexibility index (Phi) is 6.16. The van der Waals surface area contributed by atoms with Gasteiger partial charge in [0.05, 0.1) is 23.9 Å². The third-order valence-electron chi connectivity index (χ3n) is 5.47. The zero-order valence-electron chi connectivity index (χ0n) is 16.1. The van der Waals surface area contributed by atoms with Crippen molar-refractivity contribution in [2.75, 3.05) is 54.5 Å². The third kappa shape index (κ3) is 4.79. The van der Waals surface area contributed by atoms with Gasteiger partial charge in [-0.25, -0.2) is 9.37 Å². The van der Waals surface area contributed by atoms with Crippen molar-refractivity contribution in [1.29, 1.82) is 0 Å². The highest BCUT2D eigenvalue weighted by Crippen LogP contribution is 2.26. The van der Waals surface area contributed by atoms with Crippen molar-refractivity contribution in [1.82, 2.24) is 4.98 Å². The van der Waals surface area contributed by atoms with Gasteiger partial charge in [0.15, 0.2) is 0 Å². The van der Waals surface area contributed by atoms with E-state index in [2.05, 4.69) is 15.2 Å². The van der Waals surface area contributed by atoms with E-state index in [1.807, 2.05) is 17.0 Å². The highest BCUT2D eigenvalue weighted by molar-refractivity contribution is 6.30. The summed E-state index contributed by atoms with van der Waals surface area (Å²) in [6.45, 7) is 4.03. The Balaban J connectivity index is 1.32. The van der Waals surface area contributed by atoms with Crippen LogP contribution in [0.15, 0.2) is 36.5 Å². The number of carbonyl (C=O) groups excluding carboxylic acids is 1. The summed E-state index contributed by atoms with van der Waals surface area (Å²) in [6, 6.07) is 8.60. The molecule has 8 heteroatoms. The van der Waals surface area contributed by atoms with Gasteiger partial charge in [0.2, 0.25) is 5.91 Å². The number of nitrogens with zero attached hydrogens (tertiary/aromatic N) is 3. The largest absolute Gasteiger partial charge is 0.378 e. The number of aromatic nitrogens is 1. The van der Waals surface area contributed by atoms with E-state index in [9.17, 15) is 9.18 Å². The molecule has 154 valence electrons. The summed E-state index contributed by atoms with van der Waals surface area (Å²) in [6.07, 6.45) is 3.08. The first kappa shape index (κ1) is 19.9. The number of morpholine rings is 1. The molecule has 0 spiro atoms. The normalized spacial score (nSPS) is 18.0. The van der Waals surface area contributed by atoms with Crippen LogP contribution in [-0.4, -0.2) is 50.3 Å². The number of carbonyl (C=O) groups is 1. The highest BCUT2D eigenvalue weighted by Gasteiger charge is 2.26. The Labute approximate surface area is 174 Å². The number of pyridine rings is 1. The van der Waals surface area contributed by atoms with Crippen molar-refractivity contribution in [3.63, 3.8) is 0 Å². The van der Waals surface area contributed by atoms with E-state index in [0.29, 0.717) is 42.7 Å². The molecule has 2 aliphatic rings. The summed E-state index contributed by atoms with van der Waals surface area (Å²) in [5.74, 6) is 0.384. The summed E-state index contributed by atoms with van der Waals surface area (Å²) in [5, 5.41) is 3.48. The number of anilines is 3. The molecule has 2 fully saturated rings. The monoisotopic (exact) mass is 418 g/mol. The van der Waals surface area contributed by atoms with Gasteiger partial charge in [-0.3, -0.25) is 4.79 Å². The van der Waals surface area contributed by atoms with Crippen LogP contribution in [0.2, 0.25) is 5.02 Å². The van der Waals surface area contributed by atoms with E-state index in [1.54, 1.807) is 18.3 Å². The number of amides is 1. The smallest absolute Gasteiger partial charge is 0.227 e. The van der Waals surface area contributed by atoms with Gasteiger partial charge in [-0.15, -0.1) is 0 Å². The second-order valence-corrected chi connectivity index (χ2v) is 7.79. The molecule has 4 rings (SSSR count). The van der Waals surface area contributed by atoms with Crippen LogP contribution < -0.4 is 15.1 Å². The van der Waals surface area contributed by atoms with Gasteiger partial charge in [-0.2, -0.15) is 0 Å². The Bertz CT molecular complexity index is 850. The number of nitrogens with one attached hydrogen (secondary N) is 1. The predicted octanol–water partition coefficient (Wildman–Crippen LogP) is 3.57. The maximum Gasteiger partial charge on any atom is 0.227 e. The van der Waals surface area contributed by atoms with E-state index in [0.717, 1.165) is 31.7 Å². The molecule has 0 atom stereocenters. The number of hydrogen-bond donors (Lipinski definition) is 1. The van der Waals surface area contributed by atoms with E-state index in [-0.39, 0.29) is 17.6 Å². The SMILES string of the molecule is O=C(Nc1ccc(N2CCOCC2)c(F)c1)C1CCN(c2ccc(Cl)cn2)CC1. The lowest BCUT2D eigenvalue weighted by Gasteiger charge is -2.32. The van der Waals surface area contributed by atoms with E-state index in [4.69, 9.17) is 16.3 Å². The fraction of sp³-hybridized carbons (Fsp3) is 0.429. The fourth-order valence-corrected chi connectivity index (χ4v) is 3.93. The molecule has 0 unspecified atom stereocenters. The number of rotatable bonds is 4. The first-order chi connectivity index (χ1) is 14.1. The van der Waals surface area contributed by atoms with Crippen molar-refractivity contribution in [3.05, 3.63) is 47.4 Å². The summed E-state index contributed by atoms with van der Waals surface area (Å²) in [7, 11) is 0. The van der Waals surface area contributed by atoms with E-state index < -0.39 is 0 Å². The number of piperidine rings is 1. The topological polar surface area (TPSA) is 57.7 Å². The van der Waals surface area contributed by atoms with Gasteiger partial charge in [-0.1, -0.05) is 11.6 Å². The van der Waals surface area contributed by atoms with Crippen LogP contribution >= 0.6 is 11.6 Å². The zero-order chi connectivity index (χ0) is 20.2. The molecule has 29 heavy (non-hydrogen) atoms. The molecule has 1 aromatic heterocycles. The van der Waals surface area contributed by atoms with Gasteiger partial charge in [0.25, 0.3) is 0 Å². The summed E-state index contributed by atoms with van der Waals surface area (Å²) in [5.41, 5.74) is 1.04. The van der Waals surface area contributed by atoms with Gasteiger partial charge in [0.1, 0.15) is 11.6 Å². The Morgan fingerprint density at radius 3 is 2.52 bits per heavy atom. The number of halogens is 2. The molecular formula is C21H24ClFN4O2. The zero-order valence-corrected chi connectivity index (χ0v) is 16.9. The molecule has 0 saturated carbocycles. The molecule has 1 amide bonds. The quantitative estimate of drug-likeness (QED) is 0.822. The lowest BCUT2D eigenvalue weighted by Crippen LogP contribution is -2.38. The molecule has 2 saturated heterocycles. The van der Waals surface area contributed by atoms with Gasteiger partial charge in [0, 0.05) is 44.0 Å². The highest BCUT2D eigenvalue weighted by atomic mass is 35.5. The van der Waals surface area contributed by atoms with Crippen molar-refractivity contribution in [3.8, 4) is 0 Å². The Hall–Kier alpha value is -2.38. The van der Waals surface area contributed by atoms with E-state index >= 15 is 0 Å². The number of benzene rings is 1. The molecule has 1 N–H and O–H groups in total. The summed E-state index contributed by atoms with van der Waals surface area (Å²) >= 11 is 5.89. The Morgan fingerprint density at radius 1 is 1.10 bits per heavy atom. The molecule has 1 aromatic carbocycles. The molecule has 0 radical (unpaired) electrons. The first-order valence-electron chi connectivity index (χ1n) is 9.90. The molecular weight excluding hydrogens is 395 g/mol.